The largest absolute Gasteiger partial charge is 0.399 e. The first-order valence-electron chi connectivity index (χ1n) is 26.2. The predicted molar refractivity (Wildman–Crippen MR) is 289 cm³/mol. The lowest BCUT2D eigenvalue weighted by Crippen LogP contribution is -2.34. The second-order valence-corrected chi connectivity index (χ2v) is 22.9. The van der Waals surface area contributed by atoms with Crippen LogP contribution in [0.4, 0.5) is 0 Å². The van der Waals surface area contributed by atoms with Crippen LogP contribution in [0.1, 0.15) is 277 Å². The second-order valence-electron chi connectivity index (χ2n) is 22.9. The number of oxime groups is 1. The van der Waals surface area contributed by atoms with Gasteiger partial charge in [-0.3, -0.25) is 0 Å². The molecule has 3 aromatic heterocycles. The van der Waals surface area contributed by atoms with Crippen LogP contribution in [0.5, 0.6) is 0 Å². The fourth-order valence-corrected chi connectivity index (χ4v) is 8.49. The van der Waals surface area contributed by atoms with E-state index in [-0.39, 0.29) is 23.7 Å². The van der Waals surface area contributed by atoms with Crippen LogP contribution in [0, 0.1) is 23.2 Å². The fourth-order valence-electron chi connectivity index (χ4n) is 8.49. The molecular formula is C56H108N10O. The third kappa shape index (κ3) is 17.2. The maximum absolute atomic E-state index is 4.99. The summed E-state index contributed by atoms with van der Waals surface area (Å²) in [6, 6.07) is 0. The summed E-state index contributed by atoms with van der Waals surface area (Å²) < 4.78 is 6.38. The van der Waals surface area contributed by atoms with Gasteiger partial charge in [0.2, 0.25) is 0 Å². The first-order chi connectivity index (χ1) is 30.6. The molecule has 3 unspecified atom stereocenters. The van der Waals surface area contributed by atoms with E-state index in [1.54, 1.807) is 7.11 Å². The third-order valence-corrected chi connectivity index (χ3v) is 13.5. The van der Waals surface area contributed by atoms with Crippen LogP contribution in [0.2, 0.25) is 0 Å². The quantitative estimate of drug-likeness (QED) is 0.171. The number of aryl methyl sites for hydroxylation is 3. The Morgan fingerprint density at radius 2 is 0.866 bits per heavy atom. The molecule has 0 saturated heterocycles. The van der Waals surface area contributed by atoms with Crippen LogP contribution in [0.25, 0.3) is 0 Å². The van der Waals surface area contributed by atoms with Gasteiger partial charge in [-0.25, -0.2) is 29.0 Å². The van der Waals surface area contributed by atoms with E-state index < -0.39 is 0 Å². The highest BCUT2D eigenvalue weighted by Gasteiger charge is 2.44. The van der Waals surface area contributed by atoms with E-state index in [2.05, 4.69) is 190 Å². The van der Waals surface area contributed by atoms with Gasteiger partial charge in [-0.2, -0.15) is 15.3 Å². The summed E-state index contributed by atoms with van der Waals surface area (Å²) >= 11 is 0. The van der Waals surface area contributed by atoms with Gasteiger partial charge in [0.05, 0.1) is 5.71 Å². The van der Waals surface area contributed by atoms with Crippen molar-refractivity contribution in [3.63, 3.8) is 0 Å². The highest BCUT2D eigenvalue weighted by molar-refractivity contribution is 5.85. The molecule has 11 nitrogen and oxygen atoms in total. The second kappa shape index (κ2) is 28.3. The lowest BCUT2D eigenvalue weighted by atomic mass is 9.67. The van der Waals surface area contributed by atoms with E-state index in [0.717, 1.165) is 80.2 Å². The van der Waals surface area contributed by atoms with Crippen LogP contribution in [-0.4, -0.2) is 57.1 Å². The van der Waals surface area contributed by atoms with E-state index in [1.807, 2.05) is 0 Å². The summed E-state index contributed by atoms with van der Waals surface area (Å²) in [4.78, 5) is 19.6. The van der Waals surface area contributed by atoms with Crippen LogP contribution in [0.3, 0.4) is 0 Å². The molecule has 0 spiro atoms. The number of hydrogen-bond donors (Lipinski definition) is 0. The summed E-state index contributed by atoms with van der Waals surface area (Å²) in [6.07, 6.45) is 9.94. The molecule has 6 rings (SSSR count). The van der Waals surface area contributed by atoms with Crippen molar-refractivity contribution < 1.29 is 4.84 Å². The molecule has 67 heavy (non-hydrogen) atoms. The Labute approximate surface area is 414 Å². The molecule has 0 N–H and O–H groups in total. The highest BCUT2D eigenvalue weighted by atomic mass is 16.6. The summed E-state index contributed by atoms with van der Waals surface area (Å²) in [5.74, 6) is 9.11. The zero-order valence-corrected chi connectivity index (χ0v) is 47.5. The van der Waals surface area contributed by atoms with Gasteiger partial charge in [-0.1, -0.05) is 203 Å². The number of aromatic nitrogens is 9. The normalized spacial score (nSPS) is 22.4. The molecule has 3 aliphatic heterocycles. The topological polar surface area (TPSA) is 114 Å². The SMILES string of the molecule is C.C=C1CCn2nc(C(C)C)nc2C(C)(C(C)C)C1.CC(C)c1nc2n(n1)CCC(C)(C)CC2(C)C(C)C.CCC.CCC.CCC.CO/N=C1/CCn2nc(C(C)C)nc2C(C)(C(C)C)C1. The van der Waals surface area contributed by atoms with Crippen molar-refractivity contribution in [2.24, 2.45) is 28.3 Å². The van der Waals surface area contributed by atoms with E-state index in [0.29, 0.717) is 40.9 Å². The Balaban J connectivity index is 0.000000888. The van der Waals surface area contributed by atoms with Gasteiger partial charge in [0.25, 0.3) is 0 Å². The van der Waals surface area contributed by atoms with Crippen molar-refractivity contribution in [1.82, 2.24) is 44.3 Å². The number of rotatable bonds is 7. The molecule has 0 bridgehead atoms. The van der Waals surface area contributed by atoms with Crippen LogP contribution < -0.4 is 0 Å². The van der Waals surface area contributed by atoms with Gasteiger partial charge < -0.3 is 4.84 Å². The summed E-state index contributed by atoms with van der Waals surface area (Å²) in [6.45, 7) is 58.0. The first kappa shape index (κ1) is 63.6. The zero-order chi connectivity index (χ0) is 51.0. The smallest absolute Gasteiger partial charge is 0.153 e. The Kier molecular flexibility index (Phi) is 26.9. The van der Waals surface area contributed by atoms with Gasteiger partial charge in [0.1, 0.15) is 24.6 Å². The molecule has 0 amide bonds. The third-order valence-electron chi connectivity index (χ3n) is 13.5. The number of allylic oxidation sites excluding steroid dienone is 1. The van der Waals surface area contributed by atoms with E-state index in [9.17, 15) is 0 Å². The minimum atomic E-state index is -0.0476. The van der Waals surface area contributed by atoms with Gasteiger partial charge in [0, 0.05) is 66.5 Å². The fraction of sp³-hybridized carbons (Fsp3) is 0.839. The molecule has 0 fully saturated rings. The van der Waals surface area contributed by atoms with Gasteiger partial charge in [0.15, 0.2) is 17.5 Å². The number of hydrogen-bond acceptors (Lipinski definition) is 8. The Bertz CT molecular complexity index is 1890. The van der Waals surface area contributed by atoms with Gasteiger partial charge in [-0.15, -0.1) is 0 Å². The average molecular weight is 938 g/mol. The Hall–Kier alpha value is -3.37. The van der Waals surface area contributed by atoms with Crippen molar-refractivity contribution >= 4 is 5.71 Å². The first-order valence-corrected chi connectivity index (χ1v) is 26.2. The maximum Gasteiger partial charge on any atom is 0.153 e. The maximum atomic E-state index is 4.99. The highest BCUT2D eigenvalue weighted by Crippen LogP contribution is 2.46. The van der Waals surface area contributed by atoms with Gasteiger partial charge in [-0.05, 0) is 48.9 Å². The van der Waals surface area contributed by atoms with Crippen molar-refractivity contribution in [3.05, 3.63) is 47.1 Å². The Morgan fingerprint density at radius 1 is 0.537 bits per heavy atom. The van der Waals surface area contributed by atoms with E-state index in [1.165, 1.54) is 43.5 Å². The van der Waals surface area contributed by atoms with Crippen molar-refractivity contribution in [2.45, 2.75) is 278 Å². The molecular weight excluding hydrogens is 829 g/mol. The molecule has 0 aromatic carbocycles. The summed E-state index contributed by atoms with van der Waals surface area (Å²) in [7, 11) is 1.61. The molecule has 3 aromatic rings. The molecule has 0 aliphatic carbocycles. The molecule has 11 heteroatoms. The monoisotopic (exact) mass is 937 g/mol. The molecule has 3 aliphatic rings. The molecule has 3 atom stereocenters. The average Bonchev–Trinajstić information content (AvgIpc) is 3.93. The van der Waals surface area contributed by atoms with E-state index in [4.69, 9.17) is 30.0 Å². The van der Waals surface area contributed by atoms with E-state index >= 15 is 0 Å². The lowest BCUT2D eigenvalue weighted by molar-refractivity contribution is 0.192. The predicted octanol–water partition coefficient (Wildman–Crippen LogP) is 15.8. The van der Waals surface area contributed by atoms with Crippen LogP contribution in [-0.2, 0) is 40.7 Å². The molecule has 6 heterocycles. The Morgan fingerprint density at radius 3 is 1.21 bits per heavy atom. The van der Waals surface area contributed by atoms with Crippen LogP contribution >= 0.6 is 0 Å². The standard InChI is InChI=1S/C16H29N3.C15H26N4O.C15H25N3.3C3H8.CH4/c1-11(2)13-17-14-16(7,12(3)4)10-15(5,6)8-9-19(14)18-13;1-10(2)13-16-14-15(5,11(3)4)9-12(18-20-6)7-8-19(14)17-13;1-10(2)13-16-14-15(6,11(3)4)9-12(5)7-8-18(14)17-13;3*1-3-2;/h11-12H,8-10H2,1-7H3;10-11H,7-9H2,1-6H3;10-11H,5,7-9H2,1-4,6H3;3*3H2,1-2H3;1H4/b;18-12-;;;;;. The van der Waals surface area contributed by atoms with Crippen molar-refractivity contribution in [1.29, 1.82) is 0 Å². The minimum Gasteiger partial charge on any atom is -0.399 e. The summed E-state index contributed by atoms with van der Waals surface area (Å²) in [5, 5.41) is 18.3. The summed E-state index contributed by atoms with van der Waals surface area (Å²) in [5.41, 5.74) is 2.92. The van der Waals surface area contributed by atoms with Gasteiger partial charge >= 0.3 is 0 Å². The lowest BCUT2D eigenvalue weighted by Gasteiger charge is -2.37. The van der Waals surface area contributed by atoms with Crippen LogP contribution in [0.15, 0.2) is 17.3 Å². The molecule has 0 saturated carbocycles. The van der Waals surface area contributed by atoms with Crippen molar-refractivity contribution in [3.8, 4) is 0 Å². The zero-order valence-electron chi connectivity index (χ0n) is 47.5. The minimum absolute atomic E-state index is 0. The van der Waals surface area contributed by atoms with Crippen molar-refractivity contribution in [2.75, 3.05) is 7.11 Å². The number of fused-ring (bicyclic) bond motifs is 3. The molecule has 0 radical (unpaired) electrons. The number of nitrogens with zero attached hydrogens (tertiary/aromatic N) is 10. The molecule has 388 valence electrons.